The molecular weight excluding hydrogens is 1020 g/mol. The van der Waals surface area contributed by atoms with Crippen molar-refractivity contribution in [1.29, 1.82) is 0 Å². The third kappa shape index (κ3) is 24.3. The number of ether oxygens (including phenoxy) is 4. The molecule has 0 bridgehead atoms. The minimum absolute atomic E-state index is 0.0000741. The Labute approximate surface area is 443 Å². The quantitative estimate of drug-likeness (QED) is 0.0383. The molecule has 416 valence electrons. The Balaban J connectivity index is 1.35. The summed E-state index contributed by atoms with van der Waals surface area (Å²) in [6.45, 7) is 8.12. The Morgan fingerprint density at radius 1 is 0.773 bits per heavy atom. The topological polar surface area (TPSA) is 313 Å². The zero-order valence-corrected chi connectivity index (χ0v) is 44.1. The highest BCUT2D eigenvalue weighted by molar-refractivity contribution is 8.00. The molecule has 0 aliphatic rings. The van der Waals surface area contributed by atoms with Gasteiger partial charge in [0.2, 0.25) is 23.6 Å². The Morgan fingerprint density at radius 3 is 2.01 bits per heavy atom. The average molecular weight is 1100 g/mol. The van der Waals surface area contributed by atoms with Crippen LogP contribution in [0.5, 0.6) is 0 Å². The van der Waals surface area contributed by atoms with Crippen molar-refractivity contribution in [3.63, 3.8) is 0 Å². The van der Waals surface area contributed by atoms with E-state index in [1.165, 1.54) is 0 Å². The lowest BCUT2D eigenvalue weighted by atomic mass is 9.83. The summed E-state index contributed by atoms with van der Waals surface area (Å²) in [5.74, 6) is -7.56. The fourth-order valence-corrected chi connectivity index (χ4v) is 9.15. The maximum atomic E-state index is 15.2. The van der Waals surface area contributed by atoms with E-state index >= 15 is 4.39 Å². The molecular formula is C50H71F2N7O14S2. The SMILES string of the molecule is CC(C)(C)[C@H](c1cc(-c2cc(F)ccc2F)cn1Cc1ccccc1)N(CCCN)C(=O)CSC[C@H](NC(=O)CCOCCOCCOCCOCCNC(=O)CNC(=O)CC(SC[C@H](N)C(=O)O)C(=O)O)C(=O)O. The molecule has 0 aliphatic carbocycles. The number of amides is 4. The molecule has 1 heterocycles. The van der Waals surface area contributed by atoms with Crippen molar-refractivity contribution in [2.75, 3.05) is 96.3 Å². The van der Waals surface area contributed by atoms with E-state index in [4.69, 9.17) is 35.5 Å². The first-order valence-corrected chi connectivity index (χ1v) is 26.4. The summed E-state index contributed by atoms with van der Waals surface area (Å²) >= 11 is 1.78. The number of hydrogen-bond acceptors (Lipinski definition) is 15. The van der Waals surface area contributed by atoms with Crippen LogP contribution in [0.15, 0.2) is 60.8 Å². The summed E-state index contributed by atoms with van der Waals surface area (Å²) in [5, 5.41) is 34.2. The number of nitrogens with zero attached hydrogens (tertiary/aromatic N) is 2. The Bertz CT molecular complexity index is 2290. The lowest BCUT2D eigenvalue weighted by molar-refractivity contribution is -0.141. The van der Waals surface area contributed by atoms with Crippen molar-refractivity contribution in [2.24, 2.45) is 16.9 Å². The number of aliphatic carboxylic acids is 3. The number of aromatic nitrogens is 1. The van der Waals surface area contributed by atoms with E-state index in [0.717, 1.165) is 47.3 Å². The maximum absolute atomic E-state index is 15.2. The monoisotopic (exact) mass is 1100 g/mol. The minimum Gasteiger partial charge on any atom is -0.480 e. The lowest BCUT2D eigenvalue weighted by Crippen LogP contribution is -2.45. The molecule has 0 saturated carbocycles. The molecule has 10 N–H and O–H groups in total. The highest BCUT2D eigenvalue weighted by Gasteiger charge is 2.37. The van der Waals surface area contributed by atoms with Crippen molar-refractivity contribution in [3.8, 4) is 11.1 Å². The van der Waals surface area contributed by atoms with Crippen LogP contribution in [-0.2, 0) is 59.1 Å². The fourth-order valence-electron chi connectivity index (χ4n) is 7.24. The minimum atomic E-state index is -1.31. The largest absolute Gasteiger partial charge is 0.480 e. The summed E-state index contributed by atoms with van der Waals surface area (Å²) < 4.78 is 53.3. The van der Waals surface area contributed by atoms with E-state index in [2.05, 4.69) is 16.0 Å². The third-order valence-electron chi connectivity index (χ3n) is 10.9. The first-order valence-electron chi connectivity index (χ1n) is 24.2. The van der Waals surface area contributed by atoms with E-state index in [9.17, 15) is 48.2 Å². The fraction of sp³-hybridized carbons (Fsp3) is 0.540. The Kier molecular flexibility index (Phi) is 28.9. The van der Waals surface area contributed by atoms with Crippen LogP contribution >= 0.6 is 23.5 Å². The van der Waals surface area contributed by atoms with Crippen LogP contribution in [0.4, 0.5) is 8.78 Å². The van der Waals surface area contributed by atoms with Crippen molar-refractivity contribution >= 4 is 65.1 Å². The Morgan fingerprint density at radius 2 is 1.41 bits per heavy atom. The highest BCUT2D eigenvalue weighted by Crippen LogP contribution is 2.41. The molecule has 0 aliphatic heterocycles. The van der Waals surface area contributed by atoms with Gasteiger partial charge in [0.15, 0.2) is 0 Å². The molecule has 3 rings (SSSR count). The first-order chi connectivity index (χ1) is 35.7. The van der Waals surface area contributed by atoms with Gasteiger partial charge in [-0.05, 0) is 48.2 Å². The molecule has 75 heavy (non-hydrogen) atoms. The molecule has 21 nitrogen and oxygen atoms in total. The van der Waals surface area contributed by atoms with Gasteiger partial charge < -0.3 is 71.2 Å². The normalized spacial score (nSPS) is 13.1. The Hall–Kier alpha value is -5.67. The van der Waals surface area contributed by atoms with Crippen LogP contribution in [-0.4, -0.2) is 180 Å². The standard InChI is InChI=1S/C50H71F2N7O14S2/c1-50(2,3)46(40-24-34(36-25-35(51)10-11-37(36)52)29-58(40)28-33-8-5-4-6-9-33)59(15-7-13-53)45(63)32-74-31-39(48(66)67)57-42(60)12-16-70-18-20-72-22-23-73-21-19-71-17-14-55-44(62)27-56-43(61)26-41(49(68)69)75-30-38(54)47(64)65/h4-6,8-11,24-25,29,38-39,41,46H,7,12-23,26-28,30-32,53-54H2,1-3H3,(H,55,62)(H,56,61)(H,57,60)(H,64,65)(H,66,67)(H,68,69)/t38-,39-,41?,46-/m0/s1. The van der Waals surface area contributed by atoms with Crippen LogP contribution in [0.25, 0.3) is 11.1 Å². The van der Waals surface area contributed by atoms with Crippen molar-refractivity contribution in [3.05, 3.63) is 83.7 Å². The predicted molar refractivity (Wildman–Crippen MR) is 278 cm³/mol. The second-order valence-corrected chi connectivity index (χ2v) is 20.3. The van der Waals surface area contributed by atoms with Gasteiger partial charge in [0, 0.05) is 67.0 Å². The molecule has 3 aromatic rings. The molecule has 0 saturated heterocycles. The summed E-state index contributed by atoms with van der Waals surface area (Å²) in [6.07, 6.45) is 1.63. The number of rotatable bonds is 38. The number of benzene rings is 2. The number of carbonyl (C=O) groups excluding carboxylic acids is 4. The molecule has 1 unspecified atom stereocenters. The number of carboxylic acid groups (broad SMARTS) is 3. The summed E-state index contributed by atoms with van der Waals surface area (Å²) in [7, 11) is 0. The van der Waals surface area contributed by atoms with Crippen LogP contribution in [0.2, 0.25) is 0 Å². The van der Waals surface area contributed by atoms with E-state index in [1.54, 1.807) is 17.2 Å². The van der Waals surface area contributed by atoms with Gasteiger partial charge in [0.1, 0.15) is 29.0 Å². The zero-order chi connectivity index (χ0) is 55.3. The van der Waals surface area contributed by atoms with Crippen LogP contribution in [0.1, 0.15) is 57.3 Å². The number of thioether (sulfide) groups is 2. The van der Waals surface area contributed by atoms with Crippen molar-refractivity contribution in [1.82, 2.24) is 25.4 Å². The third-order valence-corrected chi connectivity index (χ3v) is 13.2. The van der Waals surface area contributed by atoms with E-state index in [0.29, 0.717) is 30.8 Å². The van der Waals surface area contributed by atoms with Gasteiger partial charge in [0.05, 0.1) is 71.2 Å². The van der Waals surface area contributed by atoms with Gasteiger partial charge in [-0.15, -0.1) is 23.5 Å². The number of hydrogen-bond donors (Lipinski definition) is 8. The zero-order valence-electron chi connectivity index (χ0n) is 42.5. The maximum Gasteiger partial charge on any atom is 0.327 e. The van der Waals surface area contributed by atoms with Gasteiger partial charge in [-0.25, -0.2) is 13.6 Å². The lowest BCUT2D eigenvalue weighted by Gasteiger charge is -2.41. The van der Waals surface area contributed by atoms with Gasteiger partial charge in [-0.1, -0.05) is 51.1 Å². The highest BCUT2D eigenvalue weighted by atomic mass is 32.2. The second kappa shape index (κ2) is 34.1. The van der Waals surface area contributed by atoms with Crippen molar-refractivity contribution < 1.29 is 76.6 Å². The molecule has 0 fully saturated rings. The number of nitrogens with two attached hydrogens (primary N) is 2. The van der Waals surface area contributed by atoms with E-state index < -0.39 is 89.0 Å². The first kappa shape index (κ1) is 63.6. The molecule has 1 aromatic heterocycles. The molecule has 25 heteroatoms. The predicted octanol–water partition coefficient (Wildman–Crippen LogP) is 2.73. The van der Waals surface area contributed by atoms with E-state index in [-0.39, 0.29) is 101 Å². The molecule has 0 spiro atoms. The summed E-state index contributed by atoms with van der Waals surface area (Å²) in [6, 6.07) is 11.5. The molecule has 0 radical (unpaired) electrons. The van der Waals surface area contributed by atoms with Crippen LogP contribution < -0.4 is 27.4 Å². The van der Waals surface area contributed by atoms with Crippen LogP contribution in [0.3, 0.4) is 0 Å². The van der Waals surface area contributed by atoms with Gasteiger partial charge in [-0.2, -0.15) is 0 Å². The van der Waals surface area contributed by atoms with Crippen LogP contribution in [0, 0.1) is 17.0 Å². The van der Waals surface area contributed by atoms with Gasteiger partial charge in [0.25, 0.3) is 0 Å². The molecule has 2 aromatic carbocycles. The summed E-state index contributed by atoms with van der Waals surface area (Å²) in [4.78, 5) is 87.1. The van der Waals surface area contributed by atoms with Gasteiger partial charge >= 0.3 is 17.9 Å². The van der Waals surface area contributed by atoms with Gasteiger partial charge in [-0.3, -0.25) is 28.8 Å². The van der Waals surface area contributed by atoms with E-state index in [1.807, 2.05) is 55.7 Å². The molecule has 4 atom stereocenters. The van der Waals surface area contributed by atoms with Crippen molar-refractivity contribution in [2.45, 2.75) is 70.0 Å². The number of carbonyl (C=O) groups is 7. The number of nitrogens with one attached hydrogen (secondary N) is 3. The smallest absolute Gasteiger partial charge is 0.327 e. The average Bonchev–Trinajstić information content (AvgIpc) is 3.76. The second-order valence-electron chi connectivity index (χ2n) is 18.0. The number of carboxylic acids is 3. The summed E-state index contributed by atoms with van der Waals surface area (Å²) in [5.41, 5.74) is 12.9. The molecule has 4 amide bonds. The number of halogens is 2.